The third-order valence-electron chi connectivity index (χ3n) is 8.11. The van der Waals surface area contributed by atoms with Gasteiger partial charge in [0.15, 0.2) is 0 Å². The highest BCUT2D eigenvalue weighted by Gasteiger charge is 2.05. The van der Waals surface area contributed by atoms with Crippen molar-refractivity contribution in [1.82, 2.24) is 21.3 Å². The van der Waals surface area contributed by atoms with Crippen molar-refractivity contribution >= 4 is 29.6 Å². The van der Waals surface area contributed by atoms with Crippen molar-refractivity contribution in [3.8, 4) is 12.3 Å². The van der Waals surface area contributed by atoms with Crippen LogP contribution in [0.2, 0.25) is 0 Å². The van der Waals surface area contributed by atoms with Crippen LogP contribution in [0.4, 0.5) is 0 Å². The number of aliphatic carboxylic acids is 1. The second-order valence-electron chi connectivity index (χ2n) is 13.0. The fourth-order valence-corrected chi connectivity index (χ4v) is 5.15. The SMILES string of the molecule is C#CCCCNC(=O)COCCOCCNC(=O)COCCOCCNC(=O)CCCNC(=O)CCCCCCCCCCCCCCCCC(=O)O. The summed E-state index contributed by atoms with van der Waals surface area (Å²) in [5.74, 6) is 1.30. The molecule has 53 heavy (non-hydrogen) atoms. The second-order valence-corrected chi connectivity index (χ2v) is 13.0. The average Bonchev–Trinajstić information content (AvgIpc) is 3.13. The maximum atomic E-state index is 12.0. The van der Waals surface area contributed by atoms with Gasteiger partial charge in [0.2, 0.25) is 23.6 Å². The fraction of sp³-hybridized carbons (Fsp3) is 0.821. The summed E-state index contributed by atoms with van der Waals surface area (Å²) in [6.45, 7) is 3.32. The molecule has 4 amide bonds. The summed E-state index contributed by atoms with van der Waals surface area (Å²) >= 11 is 0. The highest BCUT2D eigenvalue weighted by molar-refractivity contribution is 5.78. The van der Waals surface area contributed by atoms with Crippen LogP contribution in [0.1, 0.15) is 128 Å². The van der Waals surface area contributed by atoms with Crippen LogP contribution in [-0.2, 0) is 42.9 Å². The lowest BCUT2D eigenvalue weighted by atomic mass is 10.0. The standard InChI is InChI=1S/C39H70N4O10/c1-2-3-18-23-41-37(46)33-52-31-30-51-28-26-43-38(47)34-53-32-29-50-27-25-42-36(45)21-19-24-40-35(44)20-16-14-12-10-8-6-4-5-7-9-11-13-15-17-22-39(48)49/h1H,3-34H2,(H,40,44)(H,41,46)(H,42,45)(H,43,47)(H,48,49). The lowest BCUT2D eigenvalue weighted by Gasteiger charge is -2.09. The zero-order valence-corrected chi connectivity index (χ0v) is 32.3. The molecule has 14 nitrogen and oxygen atoms in total. The Morgan fingerprint density at radius 1 is 0.415 bits per heavy atom. The summed E-state index contributed by atoms with van der Waals surface area (Å²) in [7, 11) is 0. The first-order chi connectivity index (χ1) is 25.8. The maximum Gasteiger partial charge on any atom is 0.303 e. The molecule has 0 unspecified atom stereocenters. The van der Waals surface area contributed by atoms with Crippen LogP contribution in [0.3, 0.4) is 0 Å². The molecule has 14 heteroatoms. The van der Waals surface area contributed by atoms with E-state index in [1.54, 1.807) is 0 Å². The van der Waals surface area contributed by atoms with E-state index in [0.717, 1.165) is 44.9 Å². The van der Waals surface area contributed by atoms with Gasteiger partial charge in [-0.1, -0.05) is 77.0 Å². The molecule has 0 aromatic heterocycles. The van der Waals surface area contributed by atoms with Crippen LogP contribution >= 0.6 is 0 Å². The first-order valence-corrected chi connectivity index (χ1v) is 19.9. The Hall–Kier alpha value is -3.25. The van der Waals surface area contributed by atoms with Gasteiger partial charge in [-0.15, -0.1) is 12.3 Å². The highest BCUT2D eigenvalue weighted by Crippen LogP contribution is 2.13. The van der Waals surface area contributed by atoms with Gasteiger partial charge in [-0.05, 0) is 25.7 Å². The third kappa shape index (κ3) is 41.4. The summed E-state index contributed by atoms with van der Waals surface area (Å²) in [4.78, 5) is 57.9. The van der Waals surface area contributed by atoms with E-state index in [2.05, 4.69) is 27.2 Å². The van der Waals surface area contributed by atoms with Crippen molar-refractivity contribution < 1.29 is 48.0 Å². The van der Waals surface area contributed by atoms with Crippen molar-refractivity contribution in [1.29, 1.82) is 0 Å². The van der Waals surface area contributed by atoms with Crippen LogP contribution in [0.5, 0.6) is 0 Å². The third-order valence-corrected chi connectivity index (χ3v) is 8.11. The quantitative estimate of drug-likeness (QED) is 0.0451. The smallest absolute Gasteiger partial charge is 0.303 e. The Bertz CT molecular complexity index is 976. The predicted octanol–water partition coefficient (Wildman–Crippen LogP) is 4.04. The van der Waals surface area contributed by atoms with E-state index in [4.69, 9.17) is 30.5 Å². The molecule has 0 aliphatic heterocycles. The van der Waals surface area contributed by atoms with E-state index in [1.807, 2.05) is 0 Å². The van der Waals surface area contributed by atoms with Crippen molar-refractivity contribution in [2.24, 2.45) is 0 Å². The Labute approximate surface area is 318 Å². The number of rotatable bonds is 40. The van der Waals surface area contributed by atoms with Crippen molar-refractivity contribution in [3.63, 3.8) is 0 Å². The molecule has 5 N–H and O–H groups in total. The van der Waals surface area contributed by atoms with Gasteiger partial charge >= 0.3 is 5.97 Å². The Morgan fingerprint density at radius 2 is 0.774 bits per heavy atom. The Kier molecular flexibility index (Phi) is 37.5. The molecule has 0 fully saturated rings. The Morgan fingerprint density at radius 3 is 1.25 bits per heavy atom. The molecule has 0 rings (SSSR count). The van der Waals surface area contributed by atoms with E-state index in [1.165, 1.54) is 51.4 Å². The minimum Gasteiger partial charge on any atom is -0.481 e. The summed E-state index contributed by atoms with van der Waals surface area (Å²) in [5.41, 5.74) is 0. The first kappa shape index (κ1) is 49.8. The van der Waals surface area contributed by atoms with Gasteiger partial charge in [0.25, 0.3) is 0 Å². The summed E-state index contributed by atoms with van der Waals surface area (Å²) in [5, 5.41) is 19.7. The van der Waals surface area contributed by atoms with Crippen LogP contribution in [-0.4, -0.2) is 114 Å². The number of nitrogens with one attached hydrogen (secondary N) is 4. The van der Waals surface area contributed by atoms with Gasteiger partial charge in [-0.3, -0.25) is 24.0 Å². The molecule has 0 saturated heterocycles. The number of amides is 4. The molecule has 0 aliphatic carbocycles. The van der Waals surface area contributed by atoms with E-state index in [0.29, 0.717) is 84.7 Å². The number of terminal acetylenes is 1. The van der Waals surface area contributed by atoms with Crippen LogP contribution in [0.15, 0.2) is 0 Å². The number of ether oxygens (including phenoxy) is 4. The van der Waals surface area contributed by atoms with Crippen LogP contribution < -0.4 is 21.3 Å². The molecule has 0 aliphatic rings. The molecule has 306 valence electrons. The van der Waals surface area contributed by atoms with Crippen LogP contribution in [0, 0.1) is 12.3 Å². The number of carboxylic acid groups (broad SMARTS) is 1. The Balaban J connectivity index is 3.37. The number of carbonyl (C=O) groups is 5. The lowest BCUT2D eigenvalue weighted by molar-refractivity contribution is -0.137. The van der Waals surface area contributed by atoms with Gasteiger partial charge in [-0.2, -0.15) is 0 Å². The number of carboxylic acids is 1. The fourth-order valence-electron chi connectivity index (χ4n) is 5.15. The minimum absolute atomic E-state index is 0.0400. The number of hydrogen-bond acceptors (Lipinski definition) is 9. The molecular formula is C39H70N4O10. The van der Waals surface area contributed by atoms with E-state index in [9.17, 15) is 24.0 Å². The minimum atomic E-state index is -0.694. The highest BCUT2D eigenvalue weighted by atomic mass is 16.5. The molecule has 0 radical (unpaired) electrons. The van der Waals surface area contributed by atoms with Gasteiger partial charge in [0.05, 0.1) is 39.6 Å². The average molecular weight is 755 g/mol. The lowest BCUT2D eigenvalue weighted by Crippen LogP contribution is -2.32. The molecule has 0 bridgehead atoms. The normalized spacial score (nSPS) is 10.8. The molecule has 0 heterocycles. The maximum absolute atomic E-state index is 12.0. The zero-order chi connectivity index (χ0) is 38.9. The monoisotopic (exact) mass is 755 g/mol. The van der Waals surface area contributed by atoms with E-state index < -0.39 is 5.97 Å². The van der Waals surface area contributed by atoms with Crippen LogP contribution in [0.25, 0.3) is 0 Å². The summed E-state index contributed by atoms with van der Waals surface area (Å²) < 4.78 is 21.3. The zero-order valence-electron chi connectivity index (χ0n) is 32.3. The first-order valence-electron chi connectivity index (χ1n) is 19.9. The number of unbranched alkanes of at least 4 members (excludes halogenated alkanes) is 14. The molecular weight excluding hydrogens is 684 g/mol. The molecule has 0 aromatic rings. The van der Waals surface area contributed by atoms with Gasteiger partial charge < -0.3 is 45.3 Å². The summed E-state index contributed by atoms with van der Waals surface area (Å²) in [6, 6.07) is 0. The van der Waals surface area contributed by atoms with E-state index >= 15 is 0 Å². The summed E-state index contributed by atoms with van der Waals surface area (Å²) in [6.07, 6.45) is 24.4. The predicted molar refractivity (Wildman–Crippen MR) is 204 cm³/mol. The van der Waals surface area contributed by atoms with E-state index in [-0.39, 0.29) is 50.1 Å². The topological polar surface area (TPSA) is 191 Å². The molecule has 0 aromatic carbocycles. The molecule has 0 saturated carbocycles. The van der Waals surface area contributed by atoms with Gasteiger partial charge in [-0.25, -0.2) is 0 Å². The van der Waals surface area contributed by atoms with Crippen molar-refractivity contribution in [2.45, 2.75) is 128 Å². The number of carbonyl (C=O) groups excluding carboxylic acids is 4. The largest absolute Gasteiger partial charge is 0.481 e. The molecule has 0 atom stereocenters. The molecule has 0 spiro atoms. The van der Waals surface area contributed by atoms with Gasteiger partial charge in [0, 0.05) is 51.9 Å². The second kappa shape index (κ2) is 39.9. The van der Waals surface area contributed by atoms with Gasteiger partial charge in [0.1, 0.15) is 13.2 Å². The number of hydrogen-bond donors (Lipinski definition) is 5. The van der Waals surface area contributed by atoms with Crippen molar-refractivity contribution in [3.05, 3.63) is 0 Å². The van der Waals surface area contributed by atoms with Crippen molar-refractivity contribution in [2.75, 3.05) is 79.0 Å².